The van der Waals surface area contributed by atoms with Gasteiger partial charge in [-0.25, -0.2) is 18.4 Å². The number of anilines is 1. The zero-order valence-electron chi connectivity index (χ0n) is 15.0. The van der Waals surface area contributed by atoms with E-state index in [2.05, 4.69) is 20.3 Å². The Kier molecular flexibility index (Phi) is 4.78. The van der Waals surface area contributed by atoms with Crippen molar-refractivity contribution in [1.29, 1.82) is 0 Å². The number of pyridine rings is 2. The quantitative estimate of drug-likeness (QED) is 0.477. The summed E-state index contributed by atoms with van der Waals surface area (Å²) < 4.78 is 23.1. The van der Waals surface area contributed by atoms with E-state index in [1.165, 1.54) is 6.26 Å². The SMILES string of the molecule is CS(=O)(=O)c1ccc(CNc2cc(-c3c[nH]c4ncccc34)cc(Cl)n2)cc1. The molecule has 0 saturated heterocycles. The molecule has 4 rings (SSSR count). The first-order valence-corrected chi connectivity index (χ1v) is 10.8. The van der Waals surface area contributed by atoms with Crippen molar-refractivity contribution in [2.75, 3.05) is 11.6 Å². The van der Waals surface area contributed by atoms with Gasteiger partial charge in [-0.15, -0.1) is 0 Å². The average Bonchev–Trinajstić information content (AvgIpc) is 3.10. The van der Waals surface area contributed by atoms with Crippen molar-refractivity contribution in [3.63, 3.8) is 0 Å². The summed E-state index contributed by atoms with van der Waals surface area (Å²) >= 11 is 6.23. The summed E-state index contributed by atoms with van der Waals surface area (Å²) in [7, 11) is -3.20. The second-order valence-corrected chi connectivity index (χ2v) is 8.84. The molecule has 8 heteroatoms. The molecule has 0 saturated carbocycles. The Hall–Kier alpha value is -2.90. The van der Waals surface area contributed by atoms with Crippen molar-refractivity contribution in [3.05, 3.63) is 71.6 Å². The first-order chi connectivity index (χ1) is 13.4. The summed E-state index contributed by atoms with van der Waals surface area (Å²) in [6, 6.07) is 14.4. The van der Waals surface area contributed by atoms with Gasteiger partial charge in [0.2, 0.25) is 0 Å². The molecule has 0 aliphatic rings. The summed E-state index contributed by atoms with van der Waals surface area (Å²) in [6.45, 7) is 0.492. The van der Waals surface area contributed by atoms with E-state index in [0.29, 0.717) is 22.4 Å². The lowest BCUT2D eigenvalue weighted by molar-refractivity contribution is 0.602. The molecule has 28 heavy (non-hydrogen) atoms. The van der Waals surface area contributed by atoms with E-state index in [0.717, 1.165) is 27.7 Å². The van der Waals surface area contributed by atoms with E-state index in [-0.39, 0.29) is 0 Å². The lowest BCUT2D eigenvalue weighted by atomic mass is 10.1. The fourth-order valence-electron chi connectivity index (χ4n) is 2.98. The summed E-state index contributed by atoms with van der Waals surface area (Å²) in [5.74, 6) is 0.632. The Morgan fingerprint density at radius 1 is 1.14 bits per heavy atom. The molecular formula is C20H17ClN4O2S. The van der Waals surface area contributed by atoms with Crippen LogP contribution in [-0.2, 0) is 16.4 Å². The molecule has 0 amide bonds. The Balaban J connectivity index is 1.58. The number of nitrogens with zero attached hydrogens (tertiary/aromatic N) is 2. The molecule has 0 bridgehead atoms. The first kappa shape index (κ1) is 18.5. The van der Waals surface area contributed by atoms with E-state index >= 15 is 0 Å². The third-order valence-corrected chi connectivity index (χ3v) is 5.70. The monoisotopic (exact) mass is 412 g/mol. The molecule has 0 atom stereocenters. The third kappa shape index (κ3) is 3.85. The fourth-order valence-corrected chi connectivity index (χ4v) is 3.82. The Bertz CT molecular complexity index is 1250. The molecule has 142 valence electrons. The fraction of sp³-hybridized carbons (Fsp3) is 0.100. The zero-order valence-corrected chi connectivity index (χ0v) is 16.6. The zero-order chi connectivity index (χ0) is 19.7. The van der Waals surface area contributed by atoms with Crippen LogP contribution in [0.4, 0.5) is 5.82 Å². The molecule has 0 fully saturated rings. The van der Waals surface area contributed by atoms with Crippen molar-refractivity contribution in [3.8, 4) is 11.1 Å². The standard InChI is InChI=1S/C20H17ClN4O2S/c1-28(26,27)15-6-4-13(5-7-15)11-23-19-10-14(9-18(21)25-19)17-12-24-20-16(17)3-2-8-22-20/h2-10,12H,11H2,1H3,(H,22,24)(H,23,25). The van der Waals surface area contributed by atoms with Crippen LogP contribution in [0.1, 0.15) is 5.56 Å². The van der Waals surface area contributed by atoms with Gasteiger partial charge in [0, 0.05) is 36.1 Å². The second-order valence-electron chi connectivity index (χ2n) is 6.44. The minimum absolute atomic E-state index is 0.298. The van der Waals surface area contributed by atoms with E-state index < -0.39 is 9.84 Å². The van der Waals surface area contributed by atoms with Gasteiger partial charge in [-0.05, 0) is 47.5 Å². The maximum absolute atomic E-state index is 11.6. The van der Waals surface area contributed by atoms with Crippen LogP contribution >= 0.6 is 11.6 Å². The molecule has 4 aromatic rings. The maximum Gasteiger partial charge on any atom is 0.175 e. The molecular weight excluding hydrogens is 396 g/mol. The minimum atomic E-state index is -3.20. The Morgan fingerprint density at radius 3 is 2.68 bits per heavy atom. The van der Waals surface area contributed by atoms with Crippen molar-refractivity contribution < 1.29 is 8.42 Å². The van der Waals surface area contributed by atoms with Crippen LogP contribution < -0.4 is 5.32 Å². The Labute approximate surface area is 167 Å². The molecule has 0 unspecified atom stereocenters. The molecule has 2 N–H and O–H groups in total. The van der Waals surface area contributed by atoms with Gasteiger partial charge in [0.05, 0.1) is 4.90 Å². The molecule has 6 nitrogen and oxygen atoms in total. The first-order valence-electron chi connectivity index (χ1n) is 8.53. The number of sulfone groups is 1. The van der Waals surface area contributed by atoms with Gasteiger partial charge in [-0.3, -0.25) is 0 Å². The molecule has 0 radical (unpaired) electrons. The van der Waals surface area contributed by atoms with Crippen molar-refractivity contribution in [2.45, 2.75) is 11.4 Å². The van der Waals surface area contributed by atoms with Crippen LogP contribution in [0.15, 0.2) is 65.8 Å². The topological polar surface area (TPSA) is 87.7 Å². The second kappa shape index (κ2) is 7.26. The smallest absolute Gasteiger partial charge is 0.175 e. The van der Waals surface area contributed by atoms with Gasteiger partial charge < -0.3 is 10.3 Å². The van der Waals surface area contributed by atoms with Gasteiger partial charge in [0.1, 0.15) is 16.6 Å². The predicted molar refractivity (Wildman–Crippen MR) is 111 cm³/mol. The highest BCUT2D eigenvalue weighted by Crippen LogP contribution is 2.30. The molecule has 3 heterocycles. The van der Waals surface area contributed by atoms with E-state index in [9.17, 15) is 8.42 Å². The van der Waals surface area contributed by atoms with Crippen LogP contribution in [0.2, 0.25) is 5.15 Å². The van der Waals surface area contributed by atoms with E-state index in [1.54, 1.807) is 30.5 Å². The van der Waals surface area contributed by atoms with Crippen LogP contribution in [0.5, 0.6) is 0 Å². The lowest BCUT2D eigenvalue weighted by Crippen LogP contribution is -2.03. The lowest BCUT2D eigenvalue weighted by Gasteiger charge is -2.09. The molecule has 0 aliphatic heterocycles. The van der Waals surface area contributed by atoms with Gasteiger partial charge in [0.25, 0.3) is 0 Å². The number of nitrogens with one attached hydrogen (secondary N) is 2. The average molecular weight is 413 g/mol. The van der Waals surface area contributed by atoms with Gasteiger partial charge in [0.15, 0.2) is 9.84 Å². The van der Waals surface area contributed by atoms with Crippen LogP contribution in [-0.4, -0.2) is 29.6 Å². The van der Waals surface area contributed by atoms with Crippen LogP contribution in [0, 0.1) is 0 Å². The number of hydrogen-bond donors (Lipinski definition) is 2. The number of benzene rings is 1. The van der Waals surface area contributed by atoms with Gasteiger partial charge >= 0.3 is 0 Å². The van der Waals surface area contributed by atoms with Gasteiger partial charge in [-0.1, -0.05) is 23.7 Å². The molecule has 0 aliphatic carbocycles. The minimum Gasteiger partial charge on any atom is -0.366 e. The van der Waals surface area contributed by atoms with Crippen LogP contribution in [0.3, 0.4) is 0 Å². The normalized spacial score (nSPS) is 11.6. The van der Waals surface area contributed by atoms with Crippen LogP contribution in [0.25, 0.3) is 22.2 Å². The largest absolute Gasteiger partial charge is 0.366 e. The highest BCUT2D eigenvalue weighted by atomic mass is 35.5. The summed E-state index contributed by atoms with van der Waals surface area (Å²) in [5.41, 5.74) is 3.67. The highest BCUT2D eigenvalue weighted by molar-refractivity contribution is 7.90. The maximum atomic E-state index is 11.6. The molecule has 3 aromatic heterocycles. The highest BCUT2D eigenvalue weighted by Gasteiger charge is 2.10. The number of aromatic amines is 1. The molecule has 0 spiro atoms. The predicted octanol–water partition coefficient (Wildman–Crippen LogP) is 4.29. The number of rotatable bonds is 5. The number of halogens is 1. The molecule has 1 aromatic carbocycles. The third-order valence-electron chi connectivity index (χ3n) is 4.38. The Morgan fingerprint density at radius 2 is 1.93 bits per heavy atom. The number of fused-ring (bicyclic) bond motifs is 1. The number of hydrogen-bond acceptors (Lipinski definition) is 5. The summed E-state index contributed by atoms with van der Waals surface area (Å²) in [5, 5.41) is 4.63. The van der Waals surface area contributed by atoms with Crippen molar-refractivity contribution in [1.82, 2.24) is 15.0 Å². The number of H-pyrrole nitrogens is 1. The number of aromatic nitrogens is 3. The summed E-state index contributed by atoms with van der Waals surface area (Å²) in [6.07, 6.45) is 4.83. The van der Waals surface area contributed by atoms with E-state index in [4.69, 9.17) is 11.6 Å². The summed E-state index contributed by atoms with van der Waals surface area (Å²) in [4.78, 5) is 12.1. The van der Waals surface area contributed by atoms with Crippen molar-refractivity contribution in [2.24, 2.45) is 0 Å². The van der Waals surface area contributed by atoms with Crippen molar-refractivity contribution >= 4 is 38.3 Å². The van der Waals surface area contributed by atoms with Gasteiger partial charge in [-0.2, -0.15) is 0 Å². The van der Waals surface area contributed by atoms with E-state index in [1.807, 2.05) is 30.5 Å².